The van der Waals surface area contributed by atoms with Crippen molar-refractivity contribution in [3.63, 3.8) is 0 Å². The SMILES string of the molecule is CNC(=O)[C@]1(C)CCCN(CC2(O)CCOCC2)C1. The number of nitrogens with one attached hydrogen (secondary N) is 1. The first-order valence-corrected chi connectivity index (χ1v) is 7.22. The number of piperidine rings is 1. The summed E-state index contributed by atoms with van der Waals surface area (Å²) in [5, 5.41) is 13.3. The lowest BCUT2D eigenvalue weighted by Gasteiger charge is -2.43. The highest BCUT2D eigenvalue weighted by Gasteiger charge is 2.40. The maximum atomic E-state index is 12.0. The third kappa shape index (κ3) is 3.46. The zero-order chi connectivity index (χ0) is 13.9. The van der Waals surface area contributed by atoms with Crippen LogP contribution in [0.5, 0.6) is 0 Å². The molecule has 5 heteroatoms. The Hall–Kier alpha value is -0.650. The summed E-state index contributed by atoms with van der Waals surface area (Å²) in [7, 11) is 1.69. The Bertz CT molecular complexity index is 329. The molecule has 1 amide bonds. The normalized spacial score (nSPS) is 31.9. The lowest BCUT2D eigenvalue weighted by molar-refractivity contribution is -0.135. The minimum Gasteiger partial charge on any atom is -0.388 e. The van der Waals surface area contributed by atoms with E-state index in [1.54, 1.807) is 7.05 Å². The van der Waals surface area contributed by atoms with Gasteiger partial charge in [-0.3, -0.25) is 9.69 Å². The fourth-order valence-corrected chi connectivity index (χ4v) is 3.29. The molecule has 0 spiro atoms. The molecule has 2 rings (SSSR count). The van der Waals surface area contributed by atoms with E-state index in [4.69, 9.17) is 4.74 Å². The predicted molar refractivity (Wildman–Crippen MR) is 72.9 cm³/mol. The van der Waals surface area contributed by atoms with E-state index in [1.807, 2.05) is 6.92 Å². The van der Waals surface area contributed by atoms with Gasteiger partial charge in [-0.05, 0) is 26.3 Å². The summed E-state index contributed by atoms with van der Waals surface area (Å²) in [6.07, 6.45) is 3.32. The van der Waals surface area contributed by atoms with Crippen LogP contribution >= 0.6 is 0 Å². The first-order chi connectivity index (χ1) is 8.97. The van der Waals surface area contributed by atoms with Crippen molar-refractivity contribution in [3.8, 4) is 0 Å². The van der Waals surface area contributed by atoms with Crippen LogP contribution in [0.1, 0.15) is 32.6 Å². The number of likely N-dealkylation sites (tertiary alicyclic amines) is 1. The molecule has 0 radical (unpaired) electrons. The molecule has 2 N–H and O–H groups in total. The molecule has 0 aromatic carbocycles. The van der Waals surface area contributed by atoms with Crippen molar-refractivity contribution >= 4 is 5.91 Å². The number of carbonyl (C=O) groups excluding carboxylic acids is 1. The van der Waals surface area contributed by atoms with Crippen LogP contribution < -0.4 is 5.32 Å². The Balaban J connectivity index is 1.95. The van der Waals surface area contributed by atoms with Gasteiger partial charge in [0, 0.05) is 46.2 Å². The second-order valence-electron chi connectivity index (χ2n) is 6.29. The second kappa shape index (κ2) is 5.77. The van der Waals surface area contributed by atoms with E-state index in [-0.39, 0.29) is 11.3 Å². The van der Waals surface area contributed by atoms with Crippen molar-refractivity contribution in [2.75, 3.05) is 39.9 Å². The van der Waals surface area contributed by atoms with E-state index < -0.39 is 5.60 Å². The fourth-order valence-electron chi connectivity index (χ4n) is 3.29. The Labute approximate surface area is 115 Å². The van der Waals surface area contributed by atoms with E-state index in [1.165, 1.54) is 0 Å². The van der Waals surface area contributed by atoms with Crippen molar-refractivity contribution in [2.45, 2.75) is 38.2 Å². The monoisotopic (exact) mass is 270 g/mol. The predicted octanol–water partition coefficient (Wildman–Crippen LogP) is 0.376. The number of carbonyl (C=O) groups is 1. The van der Waals surface area contributed by atoms with Crippen LogP contribution in [0, 0.1) is 5.41 Å². The van der Waals surface area contributed by atoms with Gasteiger partial charge in [-0.25, -0.2) is 0 Å². The van der Waals surface area contributed by atoms with Gasteiger partial charge in [0.05, 0.1) is 11.0 Å². The molecule has 0 aromatic rings. The van der Waals surface area contributed by atoms with Crippen LogP contribution in [0.3, 0.4) is 0 Å². The number of hydrogen-bond donors (Lipinski definition) is 2. The summed E-state index contributed by atoms with van der Waals surface area (Å²) in [4.78, 5) is 14.2. The van der Waals surface area contributed by atoms with E-state index in [9.17, 15) is 9.90 Å². The molecule has 0 aliphatic carbocycles. The average Bonchev–Trinajstić information content (AvgIpc) is 2.38. The van der Waals surface area contributed by atoms with Crippen LogP contribution in [0.2, 0.25) is 0 Å². The van der Waals surface area contributed by atoms with Gasteiger partial charge < -0.3 is 15.2 Å². The highest BCUT2D eigenvalue weighted by Crippen LogP contribution is 2.31. The molecule has 0 saturated carbocycles. The molecule has 1 atom stereocenters. The van der Waals surface area contributed by atoms with Gasteiger partial charge in [0.15, 0.2) is 0 Å². The maximum Gasteiger partial charge on any atom is 0.226 e. The molecule has 19 heavy (non-hydrogen) atoms. The van der Waals surface area contributed by atoms with Gasteiger partial charge in [0.25, 0.3) is 0 Å². The highest BCUT2D eigenvalue weighted by atomic mass is 16.5. The Morgan fingerprint density at radius 3 is 2.68 bits per heavy atom. The minimum absolute atomic E-state index is 0.108. The molecule has 2 fully saturated rings. The zero-order valence-electron chi connectivity index (χ0n) is 12.1. The fraction of sp³-hybridized carbons (Fsp3) is 0.929. The van der Waals surface area contributed by atoms with Gasteiger partial charge in [-0.15, -0.1) is 0 Å². The molecular weight excluding hydrogens is 244 g/mol. The standard InChI is InChI=1S/C14H26N2O3/c1-13(12(17)15-2)4-3-7-16(10-13)11-14(18)5-8-19-9-6-14/h18H,3-11H2,1-2H3,(H,15,17)/t13-/m1/s1. The van der Waals surface area contributed by atoms with Crippen molar-refractivity contribution in [2.24, 2.45) is 5.41 Å². The molecule has 2 aliphatic rings. The Morgan fingerprint density at radius 1 is 1.37 bits per heavy atom. The molecule has 2 aliphatic heterocycles. The summed E-state index contributed by atoms with van der Waals surface area (Å²) in [6.45, 7) is 5.65. The van der Waals surface area contributed by atoms with Crippen molar-refractivity contribution in [1.29, 1.82) is 0 Å². The van der Waals surface area contributed by atoms with Crippen molar-refractivity contribution < 1.29 is 14.6 Å². The van der Waals surface area contributed by atoms with Crippen LogP contribution in [0.25, 0.3) is 0 Å². The van der Waals surface area contributed by atoms with Crippen LogP contribution in [-0.2, 0) is 9.53 Å². The quantitative estimate of drug-likeness (QED) is 0.778. The largest absolute Gasteiger partial charge is 0.388 e. The van der Waals surface area contributed by atoms with E-state index in [0.717, 1.165) is 25.9 Å². The third-order valence-electron chi connectivity index (χ3n) is 4.49. The van der Waals surface area contributed by atoms with E-state index in [0.29, 0.717) is 32.6 Å². The second-order valence-corrected chi connectivity index (χ2v) is 6.29. The summed E-state index contributed by atoms with van der Waals surface area (Å²) >= 11 is 0. The molecule has 2 saturated heterocycles. The molecule has 110 valence electrons. The number of aliphatic hydroxyl groups is 1. The third-order valence-corrected chi connectivity index (χ3v) is 4.49. The van der Waals surface area contributed by atoms with Gasteiger partial charge in [-0.2, -0.15) is 0 Å². The number of ether oxygens (including phenoxy) is 1. The number of amides is 1. The van der Waals surface area contributed by atoms with E-state index in [2.05, 4.69) is 10.2 Å². The molecule has 5 nitrogen and oxygen atoms in total. The molecule has 0 unspecified atom stereocenters. The van der Waals surface area contributed by atoms with Crippen LogP contribution in [0.4, 0.5) is 0 Å². The summed E-state index contributed by atoms with van der Waals surface area (Å²) in [5.41, 5.74) is -0.965. The van der Waals surface area contributed by atoms with Crippen molar-refractivity contribution in [3.05, 3.63) is 0 Å². The summed E-state index contributed by atoms with van der Waals surface area (Å²) in [6, 6.07) is 0. The van der Waals surface area contributed by atoms with Crippen LogP contribution in [0.15, 0.2) is 0 Å². The van der Waals surface area contributed by atoms with Crippen molar-refractivity contribution in [1.82, 2.24) is 10.2 Å². The molecule has 0 aromatic heterocycles. The smallest absolute Gasteiger partial charge is 0.226 e. The van der Waals surface area contributed by atoms with E-state index >= 15 is 0 Å². The minimum atomic E-state index is -0.640. The number of nitrogens with zero attached hydrogens (tertiary/aromatic N) is 1. The topological polar surface area (TPSA) is 61.8 Å². The lowest BCUT2D eigenvalue weighted by Crippen LogP contribution is -2.54. The molecule has 2 heterocycles. The Morgan fingerprint density at radius 2 is 2.05 bits per heavy atom. The first-order valence-electron chi connectivity index (χ1n) is 7.22. The molecule has 0 bridgehead atoms. The lowest BCUT2D eigenvalue weighted by atomic mass is 9.80. The first kappa shape index (κ1) is 14.8. The Kier molecular flexibility index (Phi) is 4.48. The summed E-state index contributed by atoms with van der Waals surface area (Å²) in [5.74, 6) is 0.108. The number of rotatable bonds is 3. The molecular formula is C14H26N2O3. The average molecular weight is 270 g/mol. The number of β-amino-alcohol motifs (C(OH)–C–C–N with tert-alkyl or cyclic N) is 1. The summed E-state index contributed by atoms with van der Waals surface area (Å²) < 4.78 is 5.31. The van der Waals surface area contributed by atoms with Gasteiger partial charge in [-0.1, -0.05) is 0 Å². The van der Waals surface area contributed by atoms with Gasteiger partial charge in [0.2, 0.25) is 5.91 Å². The number of hydrogen-bond acceptors (Lipinski definition) is 4. The van der Waals surface area contributed by atoms with Gasteiger partial charge >= 0.3 is 0 Å². The zero-order valence-corrected chi connectivity index (χ0v) is 12.1. The van der Waals surface area contributed by atoms with Gasteiger partial charge in [0.1, 0.15) is 0 Å². The highest BCUT2D eigenvalue weighted by molar-refractivity contribution is 5.82. The van der Waals surface area contributed by atoms with Crippen LogP contribution in [-0.4, -0.2) is 61.4 Å². The maximum absolute atomic E-state index is 12.0.